The van der Waals surface area contributed by atoms with Crippen molar-refractivity contribution in [3.63, 3.8) is 0 Å². The molecule has 3 rings (SSSR count). The third-order valence-corrected chi connectivity index (χ3v) is 5.25. The summed E-state index contributed by atoms with van der Waals surface area (Å²) in [7, 11) is 3.35. The Bertz CT molecular complexity index is 947. The molecule has 0 atom stereocenters. The Kier molecular flexibility index (Phi) is 6.89. The van der Waals surface area contributed by atoms with E-state index >= 15 is 0 Å². The van der Waals surface area contributed by atoms with Crippen LogP contribution in [0.4, 0.5) is 0 Å². The van der Waals surface area contributed by atoms with E-state index in [1.54, 1.807) is 14.2 Å². The molecule has 3 aromatic rings. The molecule has 1 aromatic heterocycles. The first kappa shape index (κ1) is 20.9. The van der Waals surface area contributed by atoms with E-state index in [4.69, 9.17) is 14.5 Å². The maximum Gasteiger partial charge on any atom is 0.118 e. The number of aliphatic hydroxyl groups is 1. The summed E-state index contributed by atoms with van der Waals surface area (Å²) in [5.41, 5.74) is 7.80. The smallest absolute Gasteiger partial charge is 0.118 e. The summed E-state index contributed by atoms with van der Waals surface area (Å²) < 4.78 is 10.7. The van der Waals surface area contributed by atoms with E-state index in [2.05, 4.69) is 38.1 Å². The van der Waals surface area contributed by atoms with E-state index < -0.39 is 0 Å². The number of nitrogens with zero attached hydrogens (tertiary/aromatic N) is 1. The normalized spacial score (nSPS) is 10.8. The Hall–Kier alpha value is -2.85. The fourth-order valence-electron chi connectivity index (χ4n) is 3.84. The van der Waals surface area contributed by atoms with Crippen LogP contribution < -0.4 is 9.47 Å². The predicted molar refractivity (Wildman–Crippen MR) is 118 cm³/mol. The zero-order valence-corrected chi connectivity index (χ0v) is 17.7. The average molecular weight is 392 g/mol. The van der Waals surface area contributed by atoms with Crippen LogP contribution in [0.2, 0.25) is 0 Å². The third kappa shape index (κ3) is 4.28. The summed E-state index contributed by atoms with van der Waals surface area (Å²) in [5, 5.41) is 9.67. The second-order valence-corrected chi connectivity index (χ2v) is 6.87. The van der Waals surface area contributed by atoms with Crippen LogP contribution in [-0.2, 0) is 19.3 Å². The van der Waals surface area contributed by atoms with Crippen molar-refractivity contribution in [1.29, 1.82) is 0 Å². The number of ether oxygens (including phenoxy) is 2. The number of aromatic nitrogens is 1. The van der Waals surface area contributed by atoms with Gasteiger partial charge in [-0.05, 0) is 53.8 Å². The monoisotopic (exact) mass is 391 g/mol. The van der Waals surface area contributed by atoms with Crippen molar-refractivity contribution < 1.29 is 14.6 Å². The molecule has 0 aliphatic carbocycles. The number of hydrogen-bond donors (Lipinski definition) is 1. The summed E-state index contributed by atoms with van der Waals surface area (Å²) in [4.78, 5) is 5.00. The van der Waals surface area contributed by atoms with E-state index in [0.717, 1.165) is 52.4 Å². The lowest BCUT2D eigenvalue weighted by molar-refractivity contribution is 0.298. The van der Waals surface area contributed by atoms with Crippen molar-refractivity contribution in [3.05, 3.63) is 65.5 Å². The standard InChI is InChI=1S/C25H29NO3/c1-5-21-24(17-7-11-19(28-3)12-8-17)22(6-2)26-23(15-16-27)25(21)18-9-13-20(29-4)14-10-18/h7-14,27H,5-6,15-16H2,1-4H3. The first-order valence-corrected chi connectivity index (χ1v) is 10.1. The van der Waals surface area contributed by atoms with Crippen LogP contribution in [-0.4, -0.2) is 30.9 Å². The lowest BCUT2D eigenvalue weighted by Crippen LogP contribution is -2.08. The largest absolute Gasteiger partial charge is 0.497 e. The van der Waals surface area contributed by atoms with Crippen molar-refractivity contribution in [2.75, 3.05) is 20.8 Å². The molecular weight excluding hydrogens is 362 g/mol. The van der Waals surface area contributed by atoms with Gasteiger partial charge in [0.2, 0.25) is 0 Å². The number of aryl methyl sites for hydroxylation is 1. The molecule has 0 aliphatic heterocycles. The highest BCUT2D eigenvalue weighted by atomic mass is 16.5. The molecule has 1 N–H and O–H groups in total. The van der Waals surface area contributed by atoms with Crippen LogP contribution in [0.1, 0.15) is 30.8 Å². The molecule has 0 saturated heterocycles. The molecule has 0 radical (unpaired) electrons. The Labute approximate surface area is 173 Å². The highest BCUT2D eigenvalue weighted by molar-refractivity contribution is 5.81. The van der Waals surface area contributed by atoms with E-state index in [9.17, 15) is 5.11 Å². The zero-order chi connectivity index (χ0) is 20.8. The van der Waals surface area contributed by atoms with Crippen LogP contribution >= 0.6 is 0 Å². The summed E-state index contributed by atoms with van der Waals surface area (Å²) in [6.45, 7) is 4.38. The van der Waals surface area contributed by atoms with Crippen LogP contribution in [0.3, 0.4) is 0 Å². The molecule has 0 bridgehead atoms. The summed E-state index contributed by atoms with van der Waals surface area (Å²) in [5.74, 6) is 1.66. The Morgan fingerprint density at radius 2 is 1.21 bits per heavy atom. The Morgan fingerprint density at radius 1 is 0.724 bits per heavy atom. The molecule has 0 unspecified atom stereocenters. The molecule has 4 heteroatoms. The number of methoxy groups -OCH3 is 2. The van der Waals surface area contributed by atoms with Gasteiger partial charge in [0.1, 0.15) is 11.5 Å². The van der Waals surface area contributed by atoms with E-state index in [0.29, 0.717) is 6.42 Å². The lowest BCUT2D eigenvalue weighted by Gasteiger charge is -2.21. The van der Waals surface area contributed by atoms with Crippen molar-refractivity contribution in [1.82, 2.24) is 4.98 Å². The second-order valence-electron chi connectivity index (χ2n) is 6.87. The Morgan fingerprint density at radius 3 is 1.59 bits per heavy atom. The van der Waals surface area contributed by atoms with Crippen LogP contribution in [0.5, 0.6) is 11.5 Å². The molecule has 0 spiro atoms. The van der Waals surface area contributed by atoms with Crippen LogP contribution in [0.15, 0.2) is 48.5 Å². The first-order chi connectivity index (χ1) is 14.2. The molecule has 2 aromatic carbocycles. The molecule has 0 aliphatic rings. The average Bonchev–Trinajstić information content (AvgIpc) is 2.78. The van der Waals surface area contributed by atoms with Gasteiger partial charge in [-0.25, -0.2) is 0 Å². The highest BCUT2D eigenvalue weighted by Gasteiger charge is 2.20. The molecule has 4 nitrogen and oxygen atoms in total. The van der Waals surface area contributed by atoms with E-state index in [-0.39, 0.29) is 6.61 Å². The zero-order valence-electron chi connectivity index (χ0n) is 17.7. The summed E-state index contributed by atoms with van der Waals surface area (Å²) in [6, 6.07) is 16.2. The first-order valence-electron chi connectivity index (χ1n) is 10.1. The molecule has 152 valence electrons. The van der Waals surface area contributed by atoms with Gasteiger partial charge in [0.05, 0.1) is 19.9 Å². The van der Waals surface area contributed by atoms with Crippen molar-refractivity contribution in [3.8, 4) is 33.8 Å². The van der Waals surface area contributed by atoms with Gasteiger partial charge in [-0.2, -0.15) is 0 Å². The minimum absolute atomic E-state index is 0.0738. The predicted octanol–water partition coefficient (Wildman–Crippen LogP) is 5.09. The Balaban J connectivity index is 2.29. The van der Waals surface area contributed by atoms with Gasteiger partial charge in [-0.1, -0.05) is 38.1 Å². The minimum atomic E-state index is 0.0738. The van der Waals surface area contributed by atoms with Crippen LogP contribution in [0, 0.1) is 0 Å². The second kappa shape index (κ2) is 9.57. The maximum atomic E-state index is 9.67. The number of hydrogen-bond acceptors (Lipinski definition) is 4. The van der Waals surface area contributed by atoms with E-state index in [1.165, 1.54) is 11.1 Å². The van der Waals surface area contributed by atoms with Gasteiger partial charge in [-0.3, -0.25) is 4.98 Å². The summed E-state index contributed by atoms with van der Waals surface area (Å²) >= 11 is 0. The quantitative estimate of drug-likeness (QED) is 0.581. The SMILES string of the molecule is CCc1nc(CCO)c(-c2ccc(OC)cc2)c(CC)c1-c1ccc(OC)cc1. The minimum Gasteiger partial charge on any atom is -0.497 e. The van der Waals surface area contributed by atoms with Crippen LogP contribution in [0.25, 0.3) is 22.3 Å². The molecular formula is C25H29NO3. The molecule has 0 saturated carbocycles. The van der Waals surface area contributed by atoms with Gasteiger partial charge in [0.15, 0.2) is 0 Å². The van der Waals surface area contributed by atoms with E-state index in [1.807, 2.05) is 24.3 Å². The number of benzene rings is 2. The maximum absolute atomic E-state index is 9.67. The van der Waals surface area contributed by atoms with Crippen molar-refractivity contribution in [2.24, 2.45) is 0 Å². The van der Waals surface area contributed by atoms with Gasteiger partial charge in [-0.15, -0.1) is 0 Å². The number of rotatable bonds is 8. The van der Waals surface area contributed by atoms with Gasteiger partial charge < -0.3 is 14.6 Å². The molecule has 0 fully saturated rings. The topological polar surface area (TPSA) is 51.6 Å². The van der Waals surface area contributed by atoms with Gasteiger partial charge in [0, 0.05) is 29.8 Å². The molecule has 1 heterocycles. The van der Waals surface area contributed by atoms with Crippen molar-refractivity contribution >= 4 is 0 Å². The lowest BCUT2D eigenvalue weighted by atomic mass is 9.87. The fraction of sp³-hybridized carbons (Fsp3) is 0.320. The molecule has 0 amide bonds. The highest BCUT2D eigenvalue weighted by Crippen LogP contribution is 2.38. The van der Waals surface area contributed by atoms with Gasteiger partial charge >= 0.3 is 0 Å². The third-order valence-electron chi connectivity index (χ3n) is 5.25. The number of aliphatic hydroxyl groups excluding tert-OH is 1. The molecule has 29 heavy (non-hydrogen) atoms. The number of pyridine rings is 1. The fourth-order valence-corrected chi connectivity index (χ4v) is 3.84. The van der Waals surface area contributed by atoms with Gasteiger partial charge in [0.25, 0.3) is 0 Å². The summed E-state index contributed by atoms with van der Waals surface area (Å²) in [6.07, 6.45) is 2.23. The van der Waals surface area contributed by atoms with Crippen molar-refractivity contribution in [2.45, 2.75) is 33.1 Å².